The second-order valence-corrected chi connectivity index (χ2v) is 6.79. The van der Waals surface area contributed by atoms with Crippen molar-refractivity contribution in [2.24, 2.45) is 11.3 Å². The molecule has 0 saturated heterocycles. The lowest BCUT2D eigenvalue weighted by Gasteiger charge is -2.24. The van der Waals surface area contributed by atoms with Crippen molar-refractivity contribution in [1.29, 1.82) is 0 Å². The molecule has 0 aliphatic rings. The molecule has 1 aromatic rings. The maximum atomic E-state index is 5.48. The molecule has 0 heterocycles. The molecule has 114 valence electrons. The number of benzene rings is 1. The fourth-order valence-electron chi connectivity index (χ4n) is 2.44. The molecule has 1 unspecified atom stereocenters. The van der Waals surface area contributed by atoms with Crippen LogP contribution < -0.4 is 10.1 Å². The zero-order valence-corrected chi connectivity index (χ0v) is 13.8. The number of rotatable bonds is 8. The summed E-state index contributed by atoms with van der Waals surface area (Å²) in [5.41, 5.74) is 1.73. The van der Waals surface area contributed by atoms with Gasteiger partial charge in [0.2, 0.25) is 0 Å². The Morgan fingerprint density at radius 1 is 1.20 bits per heavy atom. The van der Waals surface area contributed by atoms with Crippen LogP contribution in [-0.2, 0) is 6.42 Å². The third-order valence-electron chi connectivity index (χ3n) is 3.69. The lowest BCUT2D eigenvalue weighted by molar-refractivity contribution is 0.312. The first-order valence-electron chi connectivity index (χ1n) is 7.79. The van der Waals surface area contributed by atoms with Crippen LogP contribution in [0.25, 0.3) is 0 Å². The van der Waals surface area contributed by atoms with Gasteiger partial charge in [0.25, 0.3) is 0 Å². The Labute approximate surface area is 124 Å². The van der Waals surface area contributed by atoms with Crippen molar-refractivity contribution in [3.05, 3.63) is 29.8 Å². The van der Waals surface area contributed by atoms with E-state index in [1.807, 2.05) is 6.07 Å². The Bertz CT molecular complexity index is 381. The van der Waals surface area contributed by atoms with Gasteiger partial charge in [-0.25, -0.2) is 0 Å². The molecule has 0 aliphatic heterocycles. The van der Waals surface area contributed by atoms with E-state index in [4.69, 9.17) is 4.74 Å². The zero-order valence-electron chi connectivity index (χ0n) is 13.8. The first kappa shape index (κ1) is 17.0. The molecule has 1 N–H and O–H groups in total. The number of hydrogen-bond acceptors (Lipinski definition) is 2. The molecule has 0 radical (unpaired) electrons. The average Bonchev–Trinajstić information content (AvgIpc) is 2.41. The lowest BCUT2D eigenvalue weighted by atomic mass is 9.84. The van der Waals surface area contributed by atoms with E-state index in [1.54, 1.807) is 7.11 Å². The monoisotopic (exact) mass is 277 g/mol. The summed E-state index contributed by atoms with van der Waals surface area (Å²) in [6.45, 7) is 11.3. The molecule has 0 amide bonds. The highest BCUT2D eigenvalue weighted by atomic mass is 16.5. The predicted molar refractivity (Wildman–Crippen MR) is 87.4 cm³/mol. The molecule has 20 heavy (non-hydrogen) atoms. The van der Waals surface area contributed by atoms with Crippen molar-refractivity contribution in [2.75, 3.05) is 20.2 Å². The summed E-state index contributed by atoms with van der Waals surface area (Å²) in [5, 5.41) is 3.50. The van der Waals surface area contributed by atoms with E-state index >= 15 is 0 Å². The van der Waals surface area contributed by atoms with Gasteiger partial charge in [-0.1, -0.05) is 45.9 Å². The van der Waals surface area contributed by atoms with Gasteiger partial charge in [0, 0.05) is 0 Å². The Morgan fingerprint density at radius 3 is 2.50 bits per heavy atom. The molecule has 0 bridgehead atoms. The maximum absolute atomic E-state index is 5.48. The fraction of sp³-hybridized carbons (Fsp3) is 0.667. The van der Waals surface area contributed by atoms with Crippen LogP contribution in [0.3, 0.4) is 0 Å². The molecule has 0 spiro atoms. The minimum Gasteiger partial charge on any atom is -0.496 e. The third-order valence-corrected chi connectivity index (χ3v) is 3.69. The number of para-hydroxylation sites is 1. The number of nitrogens with one attached hydrogen (secondary N) is 1. The standard InChI is InChI=1S/C18H31NO/c1-6-19-14-15(11-12-18(2,3)4)13-16-9-7-8-10-17(16)20-5/h7-10,15,19H,6,11-14H2,1-5H3. The Kier molecular flexibility index (Phi) is 7.08. The van der Waals surface area contributed by atoms with Gasteiger partial charge in [-0.2, -0.15) is 0 Å². The van der Waals surface area contributed by atoms with Gasteiger partial charge >= 0.3 is 0 Å². The van der Waals surface area contributed by atoms with Crippen LogP contribution in [0, 0.1) is 11.3 Å². The van der Waals surface area contributed by atoms with Crippen molar-refractivity contribution in [2.45, 2.75) is 47.0 Å². The molecule has 0 aromatic heterocycles. The number of hydrogen-bond donors (Lipinski definition) is 1. The van der Waals surface area contributed by atoms with Crippen LogP contribution in [0.4, 0.5) is 0 Å². The van der Waals surface area contributed by atoms with Gasteiger partial charge < -0.3 is 10.1 Å². The molecule has 2 nitrogen and oxygen atoms in total. The molecular formula is C18H31NO. The van der Waals surface area contributed by atoms with Crippen LogP contribution in [-0.4, -0.2) is 20.2 Å². The molecule has 0 saturated carbocycles. The highest BCUT2D eigenvalue weighted by Gasteiger charge is 2.17. The Hall–Kier alpha value is -1.02. The Balaban J connectivity index is 2.67. The maximum Gasteiger partial charge on any atom is 0.122 e. The van der Waals surface area contributed by atoms with Crippen molar-refractivity contribution in [3.8, 4) is 5.75 Å². The second-order valence-electron chi connectivity index (χ2n) is 6.79. The first-order chi connectivity index (χ1) is 9.46. The van der Waals surface area contributed by atoms with Gasteiger partial charge in [0.05, 0.1) is 7.11 Å². The van der Waals surface area contributed by atoms with Gasteiger partial charge in [0.15, 0.2) is 0 Å². The zero-order chi connectivity index (χ0) is 15.0. The van der Waals surface area contributed by atoms with Gasteiger partial charge in [-0.05, 0) is 55.3 Å². The SMILES string of the molecule is CCNCC(CCC(C)(C)C)Cc1ccccc1OC. The van der Waals surface area contributed by atoms with E-state index < -0.39 is 0 Å². The Morgan fingerprint density at radius 2 is 1.90 bits per heavy atom. The van der Waals surface area contributed by atoms with Crippen LogP contribution >= 0.6 is 0 Å². The highest BCUT2D eigenvalue weighted by molar-refractivity contribution is 5.33. The van der Waals surface area contributed by atoms with E-state index in [2.05, 4.69) is 51.2 Å². The van der Waals surface area contributed by atoms with Gasteiger partial charge in [-0.3, -0.25) is 0 Å². The van der Waals surface area contributed by atoms with E-state index in [0.717, 1.165) is 25.3 Å². The van der Waals surface area contributed by atoms with Crippen molar-refractivity contribution in [3.63, 3.8) is 0 Å². The van der Waals surface area contributed by atoms with Crippen LogP contribution in [0.2, 0.25) is 0 Å². The molecule has 2 heteroatoms. The summed E-state index contributed by atoms with van der Waals surface area (Å²) in [6.07, 6.45) is 3.61. The minimum atomic E-state index is 0.408. The molecular weight excluding hydrogens is 246 g/mol. The van der Waals surface area contributed by atoms with Crippen molar-refractivity contribution in [1.82, 2.24) is 5.32 Å². The number of ether oxygens (including phenoxy) is 1. The van der Waals surface area contributed by atoms with Crippen LogP contribution in [0.1, 0.15) is 46.1 Å². The quantitative estimate of drug-likeness (QED) is 0.765. The molecule has 1 atom stereocenters. The van der Waals surface area contributed by atoms with Gasteiger partial charge in [0.1, 0.15) is 5.75 Å². The predicted octanol–water partition coefficient (Wildman–Crippen LogP) is 4.29. The third kappa shape index (κ3) is 6.42. The molecule has 1 aromatic carbocycles. The lowest BCUT2D eigenvalue weighted by Crippen LogP contribution is -2.25. The highest BCUT2D eigenvalue weighted by Crippen LogP contribution is 2.27. The van der Waals surface area contributed by atoms with Crippen LogP contribution in [0.15, 0.2) is 24.3 Å². The minimum absolute atomic E-state index is 0.408. The van der Waals surface area contributed by atoms with Crippen molar-refractivity contribution >= 4 is 0 Å². The summed E-state index contributed by atoms with van der Waals surface area (Å²) in [5.74, 6) is 1.69. The van der Waals surface area contributed by atoms with E-state index in [9.17, 15) is 0 Å². The van der Waals surface area contributed by atoms with Crippen molar-refractivity contribution < 1.29 is 4.74 Å². The molecule has 1 rings (SSSR count). The summed E-state index contributed by atoms with van der Waals surface area (Å²) in [4.78, 5) is 0. The smallest absolute Gasteiger partial charge is 0.122 e. The van der Waals surface area contributed by atoms with E-state index in [0.29, 0.717) is 11.3 Å². The fourth-order valence-corrected chi connectivity index (χ4v) is 2.44. The normalized spacial score (nSPS) is 13.2. The summed E-state index contributed by atoms with van der Waals surface area (Å²) in [7, 11) is 1.76. The van der Waals surface area contributed by atoms with Crippen LogP contribution in [0.5, 0.6) is 5.75 Å². The molecule has 0 fully saturated rings. The number of methoxy groups -OCH3 is 1. The van der Waals surface area contributed by atoms with E-state index in [1.165, 1.54) is 18.4 Å². The topological polar surface area (TPSA) is 21.3 Å². The second kappa shape index (κ2) is 8.31. The first-order valence-corrected chi connectivity index (χ1v) is 7.79. The average molecular weight is 277 g/mol. The summed E-state index contributed by atoms with van der Waals surface area (Å²) >= 11 is 0. The summed E-state index contributed by atoms with van der Waals surface area (Å²) < 4.78 is 5.48. The van der Waals surface area contributed by atoms with Gasteiger partial charge in [-0.15, -0.1) is 0 Å². The van der Waals surface area contributed by atoms with E-state index in [-0.39, 0.29) is 0 Å². The molecule has 0 aliphatic carbocycles. The summed E-state index contributed by atoms with van der Waals surface area (Å²) in [6, 6.07) is 8.39. The largest absolute Gasteiger partial charge is 0.496 e.